The summed E-state index contributed by atoms with van der Waals surface area (Å²) in [5.74, 6) is -0.142. The van der Waals surface area contributed by atoms with Crippen LogP contribution >= 0.6 is 11.6 Å². The van der Waals surface area contributed by atoms with E-state index >= 15 is 0 Å². The summed E-state index contributed by atoms with van der Waals surface area (Å²) in [5.41, 5.74) is -0.716. The molecular weight excluding hydrogens is 330 g/mol. The zero-order valence-electron chi connectivity index (χ0n) is 14.7. The summed E-state index contributed by atoms with van der Waals surface area (Å²) >= 11 is 5.75. The summed E-state index contributed by atoms with van der Waals surface area (Å²) in [6.45, 7) is 13.5. The van der Waals surface area contributed by atoms with E-state index < -0.39 is 5.54 Å². The first-order chi connectivity index (χ1) is 11.1. The van der Waals surface area contributed by atoms with Gasteiger partial charge in [-0.1, -0.05) is 31.2 Å². The van der Waals surface area contributed by atoms with E-state index in [4.69, 9.17) is 11.6 Å². The van der Waals surface area contributed by atoms with Crippen molar-refractivity contribution in [2.45, 2.75) is 45.1 Å². The van der Waals surface area contributed by atoms with Crippen LogP contribution in [0.2, 0.25) is 0 Å². The Morgan fingerprint density at radius 1 is 1.42 bits per heavy atom. The van der Waals surface area contributed by atoms with Crippen LogP contribution in [0.15, 0.2) is 24.3 Å². The van der Waals surface area contributed by atoms with Crippen molar-refractivity contribution in [2.75, 3.05) is 26.2 Å². The molecule has 0 bridgehead atoms. The Morgan fingerprint density at radius 3 is 2.58 bits per heavy atom. The summed E-state index contributed by atoms with van der Waals surface area (Å²) in [5, 5.41) is 24.6. The van der Waals surface area contributed by atoms with Crippen molar-refractivity contribution in [1.29, 1.82) is 0 Å². The van der Waals surface area contributed by atoms with Gasteiger partial charge in [-0.3, -0.25) is 4.79 Å². The Kier molecular flexibility index (Phi) is 7.89. The van der Waals surface area contributed by atoms with Gasteiger partial charge in [0.2, 0.25) is 5.91 Å². The number of amides is 1. The number of piperidine rings is 1. The molecule has 0 radical (unpaired) electrons. The standard InChI is InChI=1S/C9H16ClNO.C8H14N2O2/c1-8(10)6-9(2)4-3-5-11(12)7-9;1-3-4-8(2)7(11)9-5-6-10(8)12/h12H,1,3-7H2,2H3;3,12H,1,4-6H2,2H3,(H,9,11)/t9-;8-/m00/s1. The lowest BCUT2D eigenvalue weighted by Gasteiger charge is -2.38. The molecule has 2 saturated heterocycles. The van der Waals surface area contributed by atoms with Crippen molar-refractivity contribution in [3.05, 3.63) is 24.3 Å². The molecule has 2 aliphatic heterocycles. The maximum Gasteiger partial charge on any atom is 0.242 e. The summed E-state index contributed by atoms with van der Waals surface area (Å²) < 4.78 is 0. The van der Waals surface area contributed by atoms with Crippen LogP contribution in [0.5, 0.6) is 0 Å². The number of allylic oxidation sites excluding steroid dienone is 1. The summed E-state index contributed by atoms with van der Waals surface area (Å²) in [7, 11) is 0. The SMILES string of the molecule is C=C(Cl)C[C@]1(C)CCCN(O)C1.C=CC[C@@]1(C)C(=O)NCCN1O. The smallest absolute Gasteiger partial charge is 0.242 e. The molecule has 2 fully saturated rings. The number of nitrogens with one attached hydrogen (secondary N) is 1. The topological polar surface area (TPSA) is 76.0 Å². The van der Waals surface area contributed by atoms with Gasteiger partial charge >= 0.3 is 0 Å². The van der Waals surface area contributed by atoms with Gasteiger partial charge in [0.1, 0.15) is 5.54 Å². The van der Waals surface area contributed by atoms with E-state index in [1.807, 2.05) is 0 Å². The molecule has 2 heterocycles. The summed E-state index contributed by atoms with van der Waals surface area (Å²) in [4.78, 5) is 11.4. The Labute approximate surface area is 149 Å². The highest BCUT2D eigenvalue weighted by molar-refractivity contribution is 6.29. The van der Waals surface area contributed by atoms with Gasteiger partial charge in [-0.2, -0.15) is 10.1 Å². The predicted molar refractivity (Wildman–Crippen MR) is 95.0 cm³/mol. The van der Waals surface area contributed by atoms with Crippen LogP contribution < -0.4 is 5.32 Å². The molecule has 0 unspecified atom stereocenters. The molecule has 0 spiro atoms. The number of carbonyl (C=O) groups is 1. The number of hydroxylamine groups is 4. The number of rotatable bonds is 4. The minimum absolute atomic E-state index is 0.117. The van der Waals surface area contributed by atoms with Gasteiger partial charge in [-0.15, -0.1) is 6.58 Å². The van der Waals surface area contributed by atoms with Gasteiger partial charge in [-0.25, -0.2) is 0 Å². The second-order valence-corrected chi connectivity index (χ2v) is 7.68. The molecule has 7 heteroatoms. The highest BCUT2D eigenvalue weighted by atomic mass is 35.5. The molecule has 0 saturated carbocycles. The Balaban J connectivity index is 0.000000240. The lowest BCUT2D eigenvalue weighted by Crippen LogP contribution is -2.61. The fraction of sp³-hybridized carbons (Fsp3) is 0.706. The van der Waals surface area contributed by atoms with Gasteiger partial charge in [0, 0.05) is 31.2 Å². The first kappa shape index (κ1) is 21.1. The molecule has 2 aliphatic rings. The second kappa shape index (κ2) is 8.97. The van der Waals surface area contributed by atoms with Gasteiger partial charge in [-0.05, 0) is 38.0 Å². The van der Waals surface area contributed by atoms with Crippen LogP contribution in [-0.4, -0.2) is 58.2 Å². The molecule has 0 aromatic rings. The van der Waals surface area contributed by atoms with Crippen molar-refractivity contribution >= 4 is 17.5 Å². The third kappa shape index (κ3) is 5.86. The Hall–Kier alpha value is -0.920. The minimum Gasteiger partial charge on any atom is -0.353 e. The Morgan fingerprint density at radius 2 is 2.08 bits per heavy atom. The largest absolute Gasteiger partial charge is 0.353 e. The Bertz CT molecular complexity index is 474. The predicted octanol–water partition coefficient (Wildman–Crippen LogP) is 2.76. The molecule has 3 N–H and O–H groups in total. The van der Waals surface area contributed by atoms with Crippen molar-refractivity contribution in [1.82, 2.24) is 15.4 Å². The number of hydrogen-bond acceptors (Lipinski definition) is 5. The molecule has 2 atom stereocenters. The van der Waals surface area contributed by atoms with E-state index in [0.29, 0.717) is 31.1 Å². The molecule has 24 heavy (non-hydrogen) atoms. The molecule has 6 nitrogen and oxygen atoms in total. The normalized spacial score (nSPS) is 31.6. The first-order valence-corrected chi connectivity index (χ1v) is 8.63. The maximum atomic E-state index is 11.4. The third-order valence-corrected chi connectivity index (χ3v) is 4.72. The van der Waals surface area contributed by atoms with Gasteiger partial charge in [0.25, 0.3) is 0 Å². The van der Waals surface area contributed by atoms with E-state index in [2.05, 4.69) is 25.4 Å². The first-order valence-electron chi connectivity index (χ1n) is 8.26. The zero-order chi connectivity index (χ0) is 18.4. The van der Waals surface area contributed by atoms with E-state index in [0.717, 1.165) is 30.9 Å². The second-order valence-electron chi connectivity index (χ2n) is 7.14. The van der Waals surface area contributed by atoms with Crippen molar-refractivity contribution in [2.24, 2.45) is 5.41 Å². The minimum atomic E-state index is -0.833. The molecule has 2 rings (SSSR count). The fourth-order valence-electron chi connectivity index (χ4n) is 3.20. The van der Waals surface area contributed by atoms with E-state index in [1.54, 1.807) is 13.0 Å². The van der Waals surface area contributed by atoms with Gasteiger partial charge < -0.3 is 15.7 Å². The van der Waals surface area contributed by atoms with Crippen LogP contribution in [0, 0.1) is 5.41 Å². The average Bonchev–Trinajstić information content (AvgIpc) is 2.44. The molecule has 138 valence electrons. The van der Waals surface area contributed by atoms with Crippen LogP contribution in [0.1, 0.15) is 39.5 Å². The monoisotopic (exact) mass is 359 g/mol. The van der Waals surface area contributed by atoms with Gasteiger partial charge in [0.05, 0.1) is 0 Å². The summed E-state index contributed by atoms with van der Waals surface area (Å²) in [6.07, 6.45) is 5.04. The van der Waals surface area contributed by atoms with Crippen molar-refractivity contribution in [3.8, 4) is 0 Å². The lowest BCUT2D eigenvalue weighted by molar-refractivity contribution is -0.189. The summed E-state index contributed by atoms with van der Waals surface area (Å²) in [6, 6.07) is 0. The van der Waals surface area contributed by atoms with Crippen molar-refractivity contribution in [3.63, 3.8) is 0 Å². The van der Waals surface area contributed by atoms with E-state index in [9.17, 15) is 15.2 Å². The number of piperazine rings is 1. The van der Waals surface area contributed by atoms with E-state index in [1.165, 1.54) is 5.06 Å². The van der Waals surface area contributed by atoms with Gasteiger partial charge in [0.15, 0.2) is 0 Å². The van der Waals surface area contributed by atoms with Crippen molar-refractivity contribution < 1.29 is 15.2 Å². The number of nitrogens with zero attached hydrogens (tertiary/aromatic N) is 2. The maximum absolute atomic E-state index is 11.4. The van der Waals surface area contributed by atoms with Crippen LogP contribution in [0.3, 0.4) is 0 Å². The fourth-order valence-corrected chi connectivity index (χ4v) is 3.53. The highest BCUT2D eigenvalue weighted by Crippen LogP contribution is 2.35. The number of halogens is 1. The lowest BCUT2D eigenvalue weighted by atomic mass is 9.80. The number of carbonyl (C=O) groups excluding carboxylic acids is 1. The number of hydrogen-bond donors (Lipinski definition) is 3. The van der Waals surface area contributed by atoms with Crippen LogP contribution in [-0.2, 0) is 4.79 Å². The molecular formula is C17H30ClN3O3. The highest BCUT2D eigenvalue weighted by Gasteiger charge is 2.40. The van der Waals surface area contributed by atoms with E-state index in [-0.39, 0.29) is 11.3 Å². The molecule has 0 aromatic heterocycles. The van der Waals surface area contributed by atoms with Crippen LogP contribution in [0.4, 0.5) is 0 Å². The zero-order valence-corrected chi connectivity index (χ0v) is 15.5. The third-order valence-electron chi connectivity index (χ3n) is 4.59. The molecule has 0 aromatic carbocycles. The average molecular weight is 360 g/mol. The van der Waals surface area contributed by atoms with Crippen LogP contribution in [0.25, 0.3) is 0 Å². The quantitative estimate of drug-likeness (QED) is 0.673. The molecule has 1 amide bonds. The molecule has 0 aliphatic carbocycles.